The van der Waals surface area contributed by atoms with Crippen molar-refractivity contribution in [1.29, 1.82) is 0 Å². The maximum Gasteiger partial charge on any atom is 0.260 e. The molecule has 8 heteroatoms. The van der Waals surface area contributed by atoms with Gasteiger partial charge < -0.3 is 10.3 Å². The standard InChI is InChI=1S/C12H25N5O2S/c1-9(2)17(10(3)4)7-6-15-20(18,19)12-11(13)14-8-16(12)5/h8-10,15H,6-7,13H2,1-5H3. The Labute approximate surface area is 121 Å². The van der Waals surface area contributed by atoms with E-state index < -0.39 is 10.0 Å². The van der Waals surface area contributed by atoms with E-state index in [2.05, 4.69) is 42.3 Å². The molecule has 0 amide bonds. The van der Waals surface area contributed by atoms with Gasteiger partial charge in [0.05, 0.1) is 6.33 Å². The van der Waals surface area contributed by atoms with Gasteiger partial charge >= 0.3 is 0 Å². The quantitative estimate of drug-likeness (QED) is 0.760. The number of sulfonamides is 1. The topological polar surface area (TPSA) is 93.2 Å². The molecule has 0 aliphatic heterocycles. The van der Waals surface area contributed by atoms with E-state index in [4.69, 9.17) is 5.73 Å². The molecule has 0 saturated carbocycles. The highest BCUT2D eigenvalue weighted by Crippen LogP contribution is 2.14. The Morgan fingerprint density at radius 3 is 2.30 bits per heavy atom. The summed E-state index contributed by atoms with van der Waals surface area (Å²) >= 11 is 0. The molecule has 1 aromatic rings. The van der Waals surface area contributed by atoms with Crippen molar-refractivity contribution in [2.24, 2.45) is 7.05 Å². The second-order valence-corrected chi connectivity index (χ2v) is 7.05. The molecule has 0 fully saturated rings. The summed E-state index contributed by atoms with van der Waals surface area (Å²) in [6, 6.07) is 0.725. The lowest BCUT2D eigenvalue weighted by Crippen LogP contribution is -2.42. The third-order valence-corrected chi connectivity index (χ3v) is 4.74. The number of nitrogens with two attached hydrogens (primary N) is 1. The predicted octanol–water partition coefficient (Wildman–Crippen LogP) is 0.399. The van der Waals surface area contributed by atoms with Crippen molar-refractivity contribution < 1.29 is 8.42 Å². The number of nitrogen functional groups attached to an aromatic ring is 1. The van der Waals surface area contributed by atoms with Crippen molar-refractivity contribution in [1.82, 2.24) is 19.2 Å². The van der Waals surface area contributed by atoms with Crippen LogP contribution in [0.3, 0.4) is 0 Å². The second-order valence-electron chi connectivity index (χ2n) is 5.37. The van der Waals surface area contributed by atoms with Gasteiger partial charge in [-0.25, -0.2) is 18.1 Å². The summed E-state index contributed by atoms with van der Waals surface area (Å²) in [6.45, 7) is 9.35. The summed E-state index contributed by atoms with van der Waals surface area (Å²) in [5.41, 5.74) is 5.59. The summed E-state index contributed by atoms with van der Waals surface area (Å²) in [4.78, 5) is 6.01. The van der Waals surface area contributed by atoms with Crippen molar-refractivity contribution in [3.63, 3.8) is 0 Å². The van der Waals surface area contributed by atoms with Gasteiger partial charge in [0.25, 0.3) is 10.0 Å². The molecule has 0 atom stereocenters. The number of imidazole rings is 1. The van der Waals surface area contributed by atoms with E-state index in [1.807, 2.05) is 0 Å². The normalized spacial score (nSPS) is 12.8. The smallest absolute Gasteiger partial charge is 0.260 e. The lowest BCUT2D eigenvalue weighted by molar-refractivity contribution is 0.179. The Hall–Kier alpha value is -1.12. The fourth-order valence-electron chi connectivity index (χ4n) is 2.25. The molecule has 116 valence electrons. The van der Waals surface area contributed by atoms with Gasteiger partial charge in [0.15, 0.2) is 10.8 Å². The zero-order chi connectivity index (χ0) is 15.5. The van der Waals surface area contributed by atoms with Gasteiger partial charge in [0.1, 0.15) is 0 Å². The fourth-order valence-corrected chi connectivity index (χ4v) is 3.51. The highest BCUT2D eigenvalue weighted by atomic mass is 32.2. The minimum Gasteiger partial charge on any atom is -0.381 e. The van der Waals surface area contributed by atoms with Gasteiger partial charge in [-0.05, 0) is 27.7 Å². The summed E-state index contributed by atoms with van der Waals surface area (Å²) in [6.07, 6.45) is 1.39. The number of nitrogens with zero attached hydrogens (tertiary/aromatic N) is 3. The van der Waals surface area contributed by atoms with Gasteiger partial charge in [0, 0.05) is 32.2 Å². The van der Waals surface area contributed by atoms with E-state index in [-0.39, 0.29) is 10.8 Å². The van der Waals surface area contributed by atoms with E-state index in [1.54, 1.807) is 7.05 Å². The van der Waals surface area contributed by atoms with Crippen molar-refractivity contribution >= 4 is 15.8 Å². The molecule has 0 aliphatic carbocycles. The van der Waals surface area contributed by atoms with E-state index in [9.17, 15) is 8.42 Å². The molecule has 1 heterocycles. The van der Waals surface area contributed by atoms with Gasteiger partial charge in [-0.15, -0.1) is 0 Å². The molecule has 3 N–H and O–H groups in total. The molecule has 0 aliphatic rings. The monoisotopic (exact) mass is 303 g/mol. The van der Waals surface area contributed by atoms with Crippen LogP contribution in [0.4, 0.5) is 5.82 Å². The van der Waals surface area contributed by atoms with Gasteiger partial charge in [-0.2, -0.15) is 0 Å². The number of aromatic nitrogens is 2. The first-order valence-electron chi connectivity index (χ1n) is 6.69. The van der Waals surface area contributed by atoms with Crippen LogP contribution >= 0.6 is 0 Å². The highest BCUT2D eigenvalue weighted by Gasteiger charge is 2.22. The largest absolute Gasteiger partial charge is 0.381 e. The average Bonchev–Trinajstić information content (AvgIpc) is 2.64. The average molecular weight is 303 g/mol. The van der Waals surface area contributed by atoms with Gasteiger partial charge in [-0.1, -0.05) is 0 Å². The van der Waals surface area contributed by atoms with Crippen LogP contribution in [-0.4, -0.2) is 48.0 Å². The molecule has 20 heavy (non-hydrogen) atoms. The number of hydrogen-bond donors (Lipinski definition) is 2. The van der Waals surface area contributed by atoms with Crippen molar-refractivity contribution in [3.05, 3.63) is 6.33 Å². The maximum absolute atomic E-state index is 12.2. The molecular weight excluding hydrogens is 278 g/mol. The molecule has 7 nitrogen and oxygen atoms in total. The molecule has 0 saturated heterocycles. The molecule has 1 rings (SSSR count). The highest BCUT2D eigenvalue weighted by molar-refractivity contribution is 7.89. The fraction of sp³-hybridized carbons (Fsp3) is 0.750. The molecule has 0 radical (unpaired) electrons. The zero-order valence-corrected chi connectivity index (χ0v) is 13.6. The van der Waals surface area contributed by atoms with Gasteiger partial charge in [0.2, 0.25) is 0 Å². The van der Waals surface area contributed by atoms with Crippen LogP contribution in [0.5, 0.6) is 0 Å². The van der Waals surface area contributed by atoms with E-state index in [1.165, 1.54) is 10.9 Å². The third kappa shape index (κ3) is 3.94. The zero-order valence-electron chi connectivity index (χ0n) is 12.8. The Morgan fingerprint density at radius 1 is 1.35 bits per heavy atom. The second kappa shape index (κ2) is 6.55. The van der Waals surface area contributed by atoms with Crippen LogP contribution in [0.1, 0.15) is 27.7 Å². The number of hydrogen-bond acceptors (Lipinski definition) is 5. The van der Waals surface area contributed by atoms with Crippen molar-refractivity contribution in [3.8, 4) is 0 Å². The molecule has 0 aromatic carbocycles. The van der Waals surface area contributed by atoms with Crippen molar-refractivity contribution in [2.45, 2.75) is 44.8 Å². The third-order valence-electron chi connectivity index (χ3n) is 3.15. The number of nitrogens with one attached hydrogen (secondary N) is 1. The number of aryl methyl sites for hydroxylation is 1. The first-order chi connectivity index (χ1) is 9.16. The number of anilines is 1. The SMILES string of the molecule is CC(C)N(CCNS(=O)(=O)c1c(N)ncn1C)C(C)C. The lowest BCUT2D eigenvalue weighted by atomic mass is 10.2. The Balaban J connectivity index is 2.70. The van der Waals surface area contributed by atoms with Crippen LogP contribution in [-0.2, 0) is 17.1 Å². The maximum atomic E-state index is 12.2. The van der Waals surface area contributed by atoms with Crippen LogP contribution in [0.25, 0.3) is 0 Å². The minimum absolute atomic E-state index is 0.0122. The first-order valence-corrected chi connectivity index (χ1v) is 8.17. The molecule has 1 aromatic heterocycles. The number of rotatable bonds is 7. The molecule has 0 unspecified atom stereocenters. The lowest BCUT2D eigenvalue weighted by Gasteiger charge is -2.30. The minimum atomic E-state index is -3.63. The summed E-state index contributed by atoms with van der Waals surface area (Å²) < 4.78 is 28.3. The Morgan fingerprint density at radius 2 is 1.90 bits per heavy atom. The predicted molar refractivity (Wildman–Crippen MR) is 79.8 cm³/mol. The van der Waals surface area contributed by atoms with Crippen LogP contribution in [0, 0.1) is 0 Å². The summed E-state index contributed by atoms with van der Waals surface area (Å²) in [5, 5.41) is 0.0122. The first kappa shape index (κ1) is 16.9. The molecule has 0 spiro atoms. The van der Waals surface area contributed by atoms with Crippen LogP contribution in [0.2, 0.25) is 0 Å². The van der Waals surface area contributed by atoms with Crippen LogP contribution in [0.15, 0.2) is 11.4 Å². The molecule has 0 bridgehead atoms. The summed E-state index contributed by atoms with van der Waals surface area (Å²) in [5.74, 6) is 0.0181. The Bertz CT molecular complexity index is 509. The van der Waals surface area contributed by atoms with Crippen LogP contribution < -0.4 is 10.5 Å². The van der Waals surface area contributed by atoms with E-state index in [0.29, 0.717) is 25.2 Å². The van der Waals surface area contributed by atoms with E-state index in [0.717, 1.165) is 0 Å². The van der Waals surface area contributed by atoms with E-state index >= 15 is 0 Å². The van der Waals surface area contributed by atoms with Gasteiger partial charge in [-0.3, -0.25) is 4.90 Å². The summed E-state index contributed by atoms with van der Waals surface area (Å²) in [7, 11) is -2.02. The Kier molecular flexibility index (Phi) is 5.55. The van der Waals surface area contributed by atoms with Crippen molar-refractivity contribution in [2.75, 3.05) is 18.8 Å². The molecular formula is C12H25N5O2S.